The molecule has 0 bridgehead atoms. The maximum Gasteiger partial charge on any atom is 0.472 e. The van der Waals surface area contributed by atoms with Gasteiger partial charge in [0.2, 0.25) is 0 Å². The lowest BCUT2D eigenvalue weighted by molar-refractivity contribution is -0.0426. The Balaban J connectivity index is 1.54. The zero-order valence-corrected chi connectivity index (χ0v) is 25.7. The lowest BCUT2D eigenvalue weighted by atomic mass is 10.0. The number of phosphoric acid groups is 1. The number of aromatic nitrogens is 2. The summed E-state index contributed by atoms with van der Waals surface area (Å²) in [4.78, 5) is 35.4. The minimum absolute atomic E-state index is 0.204. The molecule has 238 valence electrons. The van der Waals surface area contributed by atoms with Crippen LogP contribution in [0, 0.1) is 5.92 Å². The molecule has 0 spiro atoms. The molecule has 2 rings (SSSR count). The van der Waals surface area contributed by atoms with Crippen LogP contribution >= 0.6 is 7.82 Å². The van der Waals surface area contributed by atoms with Crippen LogP contribution in [0.4, 0.5) is 4.39 Å². The van der Waals surface area contributed by atoms with Crippen molar-refractivity contribution in [1.29, 1.82) is 0 Å². The van der Waals surface area contributed by atoms with Crippen molar-refractivity contribution in [2.45, 2.75) is 129 Å². The molecule has 1 fully saturated rings. The molecule has 0 amide bonds. The summed E-state index contributed by atoms with van der Waals surface area (Å²) in [5.41, 5.74) is -1.62. The molecule has 1 aliphatic rings. The van der Waals surface area contributed by atoms with E-state index in [-0.39, 0.29) is 6.61 Å². The fourth-order valence-electron chi connectivity index (χ4n) is 4.74. The summed E-state index contributed by atoms with van der Waals surface area (Å²) in [6.07, 6.45) is 14.2. The van der Waals surface area contributed by atoms with Crippen LogP contribution in [-0.2, 0) is 23.1 Å². The standard InChI is InChI=1S/C29H52FN2O8P/c1-3-4-5-6-7-8-9-10-11-12-13-14-15-16-20-37-21-17-22-38-41(35,36)39-23-25-24(2)27(30)28(40-25)32-19-18-26(33)31-29(32)34/h18-19,24-25,27-28H,3-17,20-23H2,1-2H3,(H,35,36)(H,31,33,34)/t24-,25+,27?,28+/m0/s1/i23D2. The average Bonchev–Trinajstić information content (AvgIpc) is 3.24. The van der Waals surface area contributed by atoms with Gasteiger partial charge in [-0.05, 0) is 12.8 Å². The summed E-state index contributed by atoms with van der Waals surface area (Å²) in [6, 6.07) is 1.00. The molecular formula is C29H52FN2O8P. The van der Waals surface area contributed by atoms with E-state index in [2.05, 4.69) is 6.92 Å². The molecule has 0 saturated carbocycles. The Labute approximate surface area is 246 Å². The first-order valence-electron chi connectivity index (χ1n) is 16.4. The highest BCUT2D eigenvalue weighted by Gasteiger charge is 2.44. The number of hydrogen-bond donors (Lipinski definition) is 2. The molecule has 1 aliphatic heterocycles. The largest absolute Gasteiger partial charge is 0.472 e. The first kappa shape index (κ1) is 32.6. The number of nitrogens with one attached hydrogen (secondary N) is 1. The molecule has 0 aliphatic carbocycles. The van der Waals surface area contributed by atoms with Gasteiger partial charge in [0.1, 0.15) is 0 Å². The molecule has 10 nitrogen and oxygen atoms in total. The molecule has 2 N–H and O–H groups in total. The molecule has 2 heterocycles. The van der Waals surface area contributed by atoms with Gasteiger partial charge in [-0.1, -0.05) is 97.3 Å². The van der Waals surface area contributed by atoms with Gasteiger partial charge in [0.25, 0.3) is 5.56 Å². The first-order chi connectivity index (χ1) is 20.5. The van der Waals surface area contributed by atoms with Crippen molar-refractivity contribution >= 4 is 7.82 Å². The van der Waals surface area contributed by atoms with E-state index in [1.807, 2.05) is 4.98 Å². The van der Waals surface area contributed by atoms with Crippen LogP contribution < -0.4 is 11.2 Å². The van der Waals surface area contributed by atoms with Crippen molar-refractivity contribution in [2.75, 3.05) is 26.4 Å². The van der Waals surface area contributed by atoms with Crippen molar-refractivity contribution in [3.63, 3.8) is 0 Å². The number of rotatable bonds is 24. The van der Waals surface area contributed by atoms with Gasteiger partial charge in [-0.25, -0.2) is 13.8 Å². The molecule has 0 aromatic carbocycles. The minimum Gasteiger partial charge on any atom is -0.381 e. The second-order valence-corrected chi connectivity index (χ2v) is 12.2. The molecule has 41 heavy (non-hydrogen) atoms. The maximum atomic E-state index is 14.9. The smallest absolute Gasteiger partial charge is 0.381 e. The zero-order chi connectivity index (χ0) is 31.7. The fraction of sp³-hybridized carbons (Fsp3) is 0.862. The van der Waals surface area contributed by atoms with Gasteiger partial charge >= 0.3 is 13.5 Å². The van der Waals surface area contributed by atoms with Crippen molar-refractivity contribution < 1.29 is 35.1 Å². The van der Waals surface area contributed by atoms with Gasteiger partial charge in [-0.3, -0.25) is 23.4 Å². The van der Waals surface area contributed by atoms with Gasteiger partial charge in [0, 0.05) is 31.4 Å². The van der Waals surface area contributed by atoms with Crippen LogP contribution in [0.2, 0.25) is 0 Å². The number of nitrogens with zero attached hydrogens (tertiary/aromatic N) is 1. The summed E-state index contributed by atoms with van der Waals surface area (Å²) >= 11 is 0. The van der Waals surface area contributed by atoms with E-state index in [0.717, 1.165) is 29.7 Å². The van der Waals surface area contributed by atoms with E-state index in [0.29, 0.717) is 19.6 Å². The average molecular weight is 609 g/mol. The van der Waals surface area contributed by atoms with E-state index in [1.54, 1.807) is 0 Å². The Morgan fingerprint density at radius 1 is 0.951 bits per heavy atom. The Hall–Kier alpha value is -1.36. The van der Waals surface area contributed by atoms with Crippen LogP contribution in [0.1, 0.15) is 119 Å². The molecule has 1 saturated heterocycles. The Kier molecular flexibility index (Phi) is 16.3. The SMILES string of the molecule is [2H]C([2H])(OP(=O)(O)OCCCOCCCCCCCCCCCCCCCC)[C@H]1O[C@@H](n2ccc(=O)[nH]c2=O)C(F)[C@H]1C. The summed E-state index contributed by atoms with van der Waals surface area (Å²) in [5, 5.41) is 0. The highest BCUT2D eigenvalue weighted by molar-refractivity contribution is 7.47. The molecular weight excluding hydrogens is 554 g/mol. The third-order valence-electron chi connectivity index (χ3n) is 7.28. The maximum absolute atomic E-state index is 14.9. The Morgan fingerprint density at radius 2 is 1.51 bits per heavy atom. The van der Waals surface area contributed by atoms with Gasteiger partial charge in [-0.2, -0.15) is 0 Å². The second kappa shape index (κ2) is 20.5. The predicted octanol–water partition coefficient (Wildman–Crippen LogP) is 6.43. The molecule has 5 atom stereocenters. The van der Waals surface area contributed by atoms with Crippen molar-refractivity contribution in [2.24, 2.45) is 5.92 Å². The van der Waals surface area contributed by atoms with E-state index in [4.69, 9.17) is 21.3 Å². The van der Waals surface area contributed by atoms with Crippen LogP contribution in [-0.4, -0.2) is 53.1 Å². The minimum atomic E-state index is -4.86. The number of halogens is 1. The summed E-state index contributed by atoms with van der Waals surface area (Å²) in [7, 11) is -4.86. The summed E-state index contributed by atoms with van der Waals surface area (Å²) in [5.74, 6) is -1.15. The van der Waals surface area contributed by atoms with Gasteiger partial charge < -0.3 is 14.4 Å². The number of phosphoric ester groups is 1. The molecule has 1 aromatic rings. The fourth-order valence-corrected chi connectivity index (χ4v) is 5.39. The topological polar surface area (TPSA) is 129 Å². The van der Waals surface area contributed by atoms with Gasteiger partial charge in [0.15, 0.2) is 12.4 Å². The van der Waals surface area contributed by atoms with Crippen LogP contribution in [0.5, 0.6) is 0 Å². The molecule has 12 heteroatoms. The lowest BCUT2D eigenvalue weighted by Gasteiger charge is -2.18. The van der Waals surface area contributed by atoms with Gasteiger partial charge in [0.05, 0.1) is 22.0 Å². The van der Waals surface area contributed by atoms with Crippen molar-refractivity contribution in [3.8, 4) is 0 Å². The number of hydrogen-bond acceptors (Lipinski definition) is 7. The molecule has 0 radical (unpaired) electrons. The third-order valence-corrected chi connectivity index (χ3v) is 8.12. The third kappa shape index (κ3) is 14.6. The van der Waals surface area contributed by atoms with Crippen molar-refractivity contribution in [3.05, 3.63) is 33.1 Å². The van der Waals surface area contributed by atoms with E-state index in [9.17, 15) is 23.4 Å². The van der Waals surface area contributed by atoms with Crippen LogP contribution in [0.3, 0.4) is 0 Å². The second-order valence-electron chi connectivity index (χ2n) is 10.8. The highest BCUT2D eigenvalue weighted by Crippen LogP contribution is 2.45. The van der Waals surface area contributed by atoms with Gasteiger partial charge in [-0.15, -0.1) is 0 Å². The van der Waals surface area contributed by atoms with E-state index >= 15 is 0 Å². The highest BCUT2D eigenvalue weighted by atomic mass is 31.2. The number of alkyl halides is 1. The Bertz CT molecular complexity index is 1080. The molecule has 2 unspecified atom stereocenters. The van der Waals surface area contributed by atoms with Crippen LogP contribution in [0.25, 0.3) is 0 Å². The monoisotopic (exact) mass is 608 g/mol. The normalized spacial score (nSPS) is 23.3. The summed E-state index contributed by atoms with van der Waals surface area (Å²) in [6.45, 7) is 1.35. The molecule has 1 aromatic heterocycles. The lowest BCUT2D eigenvalue weighted by Crippen LogP contribution is -2.34. The van der Waals surface area contributed by atoms with E-state index < -0.39 is 50.1 Å². The Morgan fingerprint density at radius 3 is 2.10 bits per heavy atom. The number of unbranched alkanes of at least 4 members (excludes halogenated alkanes) is 13. The quantitative estimate of drug-likeness (QED) is 0.101. The number of aromatic amines is 1. The predicted molar refractivity (Wildman–Crippen MR) is 157 cm³/mol. The van der Waals surface area contributed by atoms with E-state index in [1.165, 1.54) is 84.0 Å². The zero-order valence-electron chi connectivity index (χ0n) is 26.8. The first-order valence-corrected chi connectivity index (χ1v) is 16.8. The van der Waals surface area contributed by atoms with Crippen molar-refractivity contribution in [1.82, 2.24) is 9.55 Å². The summed E-state index contributed by atoms with van der Waals surface area (Å²) < 4.78 is 64.9. The number of H-pyrrole nitrogens is 1. The number of ether oxygens (including phenoxy) is 2. The van der Waals surface area contributed by atoms with Crippen LogP contribution in [0.15, 0.2) is 21.9 Å².